The average molecular weight is 271 g/mol. The number of fused-ring (bicyclic) bond motifs is 1. The Morgan fingerprint density at radius 2 is 2.35 bits per heavy atom. The standard InChI is InChI=1S/C15H17N3O2/c1-20-12-4-5-13-10(8-12)7-11(18-13)9-17-15(19)14-3-2-6-16-14/h2-5,7-8,14,16,18H,6,9H2,1H3,(H,17,19). The fourth-order valence-corrected chi connectivity index (χ4v) is 2.33. The Balaban J connectivity index is 1.68. The molecule has 1 aliphatic heterocycles. The first-order valence-electron chi connectivity index (χ1n) is 6.59. The van der Waals surface area contributed by atoms with Crippen LogP contribution in [0.25, 0.3) is 10.9 Å². The summed E-state index contributed by atoms with van der Waals surface area (Å²) >= 11 is 0. The van der Waals surface area contributed by atoms with Crippen LogP contribution in [0, 0.1) is 0 Å². The van der Waals surface area contributed by atoms with Gasteiger partial charge in [-0.15, -0.1) is 0 Å². The normalized spacial score (nSPS) is 17.6. The molecule has 3 N–H and O–H groups in total. The molecule has 0 spiro atoms. The lowest BCUT2D eigenvalue weighted by atomic mass is 10.2. The Morgan fingerprint density at radius 1 is 1.45 bits per heavy atom. The molecule has 0 saturated carbocycles. The summed E-state index contributed by atoms with van der Waals surface area (Å²) in [4.78, 5) is 15.2. The minimum atomic E-state index is -0.209. The highest BCUT2D eigenvalue weighted by Crippen LogP contribution is 2.21. The first-order valence-corrected chi connectivity index (χ1v) is 6.59. The number of nitrogens with one attached hydrogen (secondary N) is 3. The molecule has 5 heteroatoms. The topological polar surface area (TPSA) is 66.1 Å². The molecule has 0 bridgehead atoms. The summed E-state index contributed by atoms with van der Waals surface area (Å²) in [5.41, 5.74) is 2.01. The van der Waals surface area contributed by atoms with Crippen LogP contribution >= 0.6 is 0 Å². The average Bonchev–Trinajstić information content (AvgIpc) is 3.12. The van der Waals surface area contributed by atoms with E-state index in [-0.39, 0.29) is 11.9 Å². The van der Waals surface area contributed by atoms with E-state index >= 15 is 0 Å². The molecule has 1 aromatic carbocycles. The van der Waals surface area contributed by atoms with E-state index in [1.54, 1.807) is 7.11 Å². The predicted octanol–water partition coefficient (Wildman–Crippen LogP) is 1.32. The number of rotatable bonds is 4. The molecule has 1 amide bonds. The third-order valence-electron chi connectivity index (χ3n) is 3.40. The summed E-state index contributed by atoms with van der Waals surface area (Å²) in [5, 5.41) is 7.08. The number of hydrogen-bond donors (Lipinski definition) is 3. The second kappa shape index (κ2) is 5.38. The van der Waals surface area contributed by atoms with Crippen molar-refractivity contribution >= 4 is 16.8 Å². The SMILES string of the molecule is COc1ccc2[nH]c(CNC(=O)C3C=CCN3)cc2c1. The Labute approximate surface area is 117 Å². The van der Waals surface area contributed by atoms with Gasteiger partial charge in [0.05, 0.1) is 13.7 Å². The van der Waals surface area contributed by atoms with Gasteiger partial charge in [0.15, 0.2) is 0 Å². The highest BCUT2D eigenvalue weighted by molar-refractivity contribution is 5.85. The predicted molar refractivity (Wildman–Crippen MR) is 77.6 cm³/mol. The van der Waals surface area contributed by atoms with E-state index in [4.69, 9.17) is 4.74 Å². The zero-order valence-corrected chi connectivity index (χ0v) is 11.3. The van der Waals surface area contributed by atoms with Gasteiger partial charge in [-0.05, 0) is 24.3 Å². The number of carbonyl (C=O) groups excluding carboxylic acids is 1. The number of benzene rings is 1. The second-order valence-corrected chi connectivity index (χ2v) is 4.78. The van der Waals surface area contributed by atoms with Gasteiger partial charge in [-0.3, -0.25) is 10.1 Å². The summed E-state index contributed by atoms with van der Waals surface area (Å²) in [5.74, 6) is 0.822. The Kier molecular flexibility index (Phi) is 3.43. The summed E-state index contributed by atoms with van der Waals surface area (Å²) in [7, 11) is 1.65. The van der Waals surface area contributed by atoms with E-state index in [0.717, 1.165) is 28.9 Å². The number of aromatic amines is 1. The quantitative estimate of drug-likeness (QED) is 0.735. The summed E-state index contributed by atoms with van der Waals surface area (Å²) < 4.78 is 5.20. The second-order valence-electron chi connectivity index (χ2n) is 4.78. The molecule has 2 heterocycles. The minimum Gasteiger partial charge on any atom is -0.497 e. The van der Waals surface area contributed by atoms with E-state index in [0.29, 0.717) is 6.54 Å². The Bertz CT molecular complexity index is 660. The van der Waals surface area contributed by atoms with Gasteiger partial charge in [-0.25, -0.2) is 0 Å². The monoisotopic (exact) mass is 271 g/mol. The van der Waals surface area contributed by atoms with Gasteiger partial charge in [-0.1, -0.05) is 12.2 Å². The number of H-pyrrole nitrogens is 1. The molecule has 1 aliphatic rings. The molecule has 104 valence electrons. The molecule has 0 saturated heterocycles. The number of ether oxygens (including phenoxy) is 1. The first kappa shape index (κ1) is 12.7. The van der Waals surface area contributed by atoms with E-state index in [1.165, 1.54) is 0 Å². The fraction of sp³-hybridized carbons (Fsp3) is 0.267. The maximum absolute atomic E-state index is 11.9. The Hall–Kier alpha value is -2.27. The molecular weight excluding hydrogens is 254 g/mol. The minimum absolute atomic E-state index is 0.00464. The fourth-order valence-electron chi connectivity index (χ4n) is 2.33. The molecular formula is C15H17N3O2. The summed E-state index contributed by atoms with van der Waals surface area (Å²) in [6.45, 7) is 1.24. The molecule has 3 rings (SSSR count). The van der Waals surface area contributed by atoms with E-state index < -0.39 is 0 Å². The van der Waals surface area contributed by atoms with E-state index in [2.05, 4.69) is 15.6 Å². The molecule has 1 aromatic heterocycles. The van der Waals surface area contributed by atoms with E-state index in [9.17, 15) is 4.79 Å². The molecule has 1 atom stereocenters. The summed E-state index contributed by atoms with van der Waals surface area (Å²) in [6.07, 6.45) is 3.84. The van der Waals surface area contributed by atoms with Crippen LogP contribution in [0.2, 0.25) is 0 Å². The van der Waals surface area contributed by atoms with Gasteiger partial charge in [0.2, 0.25) is 5.91 Å². The molecule has 0 radical (unpaired) electrons. The van der Waals surface area contributed by atoms with Gasteiger partial charge < -0.3 is 15.0 Å². The van der Waals surface area contributed by atoms with Crippen LogP contribution in [-0.4, -0.2) is 30.6 Å². The van der Waals surface area contributed by atoms with Crippen molar-refractivity contribution in [1.82, 2.24) is 15.6 Å². The van der Waals surface area contributed by atoms with Crippen molar-refractivity contribution in [3.05, 3.63) is 42.1 Å². The smallest absolute Gasteiger partial charge is 0.241 e. The highest BCUT2D eigenvalue weighted by Gasteiger charge is 2.16. The third kappa shape index (κ3) is 2.53. The lowest BCUT2D eigenvalue weighted by Gasteiger charge is -2.09. The van der Waals surface area contributed by atoms with Crippen LogP contribution in [0.5, 0.6) is 5.75 Å². The van der Waals surface area contributed by atoms with Crippen LogP contribution in [0.4, 0.5) is 0 Å². The molecule has 2 aromatic rings. The van der Waals surface area contributed by atoms with Gasteiger partial charge >= 0.3 is 0 Å². The number of carbonyl (C=O) groups is 1. The van der Waals surface area contributed by atoms with Crippen LogP contribution in [0.3, 0.4) is 0 Å². The van der Waals surface area contributed by atoms with Crippen molar-refractivity contribution in [2.24, 2.45) is 0 Å². The third-order valence-corrected chi connectivity index (χ3v) is 3.40. The van der Waals surface area contributed by atoms with Crippen LogP contribution in [0.15, 0.2) is 36.4 Å². The maximum atomic E-state index is 11.9. The molecule has 1 unspecified atom stereocenters. The summed E-state index contributed by atoms with van der Waals surface area (Å²) in [6, 6.07) is 7.67. The van der Waals surface area contributed by atoms with Crippen molar-refractivity contribution in [3.8, 4) is 5.75 Å². The van der Waals surface area contributed by atoms with Crippen molar-refractivity contribution in [2.75, 3.05) is 13.7 Å². The van der Waals surface area contributed by atoms with E-state index in [1.807, 2.05) is 36.4 Å². The molecule has 0 aliphatic carbocycles. The lowest BCUT2D eigenvalue weighted by molar-refractivity contribution is -0.122. The van der Waals surface area contributed by atoms with Gasteiger partial charge in [-0.2, -0.15) is 0 Å². The number of hydrogen-bond acceptors (Lipinski definition) is 3. The lowest BCUT2D eigenvalue weighted by Crippen LogP contribution is -2.40. The first-order chi connectivity index (χ1) is 9.76. The van der Waals surface area contributed by atoms with Gasteiger partial charge in [0.25, 0.3) is 0 Å². The zero-order valence-electron chi connectivity index (χ0n) is 11.3. The number of aromatic nitrogens is 1. The van der Waals surface area contributed by atoms with Crippen molar-refractivity contribution in [1.29, 1.82) is 0 Å². The van der Waals surface area contributed by atoms with Crippen molar-refractivity contribution in [3.63, 3.8) is 0 Å². The van der Waals surface area contributed by atoms with Crippen LogP contribution in [0.1, 0.15) is 5.69 Å². The Morgan fingerprint density at radius 3 is 3.10 bits per heavy atom. The van der Waals surface area contributed by atoms with Crippen LogP contribution < -0.4 is 15.4 Å². The molecule has 20 heavy (non-hydrogen) atoms. The molecule has 0 fully saturated rings. The number of amides is 1. The number of methoxy groups -OCH3 is 1. The van der Waals surface area contributed by atoms with Crippen molar-refractivity contribution in [2.45, 2.75) is 12.6 Å². The highest BCUT2D eigenvalue weighted by atomic mass is 16.5. The van der Waals surface area contributed by atoms with Crippen molar-refractivity contribution < 1.29 is 9.53 Å². The zero-order chi connectivity index (χ0) is 13.9. The van der Waals surface area contributed by atoms with Crippen LogP contribution in [-0.2, 0) is 11.3 Å². The van der Waals surface area contributed by atoms with Gasteiger partial charge in [0.1, 0.15) is 11.8 Å². The maximum Gasteiger partial charge on any atom is 0.241 e. The molecule has 5 nitrogen and oxygen atoms in total. The largest absolute Gasteiger partial charge is 0.497 e. The van der Waals surface area contributed by atoms with Gasteiger partial charge in [0, 0.05) is 23.1 Å².